The van der Waals surface area contributed by atoms with E-state index >= 15 is 0 Å². The Morgan fingerprint density at radius 3 is 1.03 bits per heavy atom. The molecule has 11 aromatic rings. The summed E-state index contributed by atoms with van der Waals surface area (Å²) in [4.78, 5) is 0. The zero-order valence-electron chi connectivity index (χ0n) is 39.5. The fourth-order valence-electron chi connectivity index (χ4n) is 11.7. The summed E-state index contributed by atoms with van der Waals surface area (Å²) < 4.78 is 4.92. The molecule has 0 bridgehead atoms. The SMILES string of the molecule is Cc1ccc(-c2cc3cc4c(cc(-c5ccc(C)cc5)n4-c4ccc(-c5ccc6c(c5)C(C)(C)c5ccccc5-6)cc4)cc3n2-c2ccc(-c3ccc4c(c3)C(C)(C)c3ccccc3-4)cc2)cc1. The van der Waals surface area contributed by atoms with Crippen LogP contribution in [0.2, 0.25) is 0 Å². The summed E-state index contributed by atoms with van der Waals surface area (Å²) in [6.07, 6.45) is 0. The average molecular weight is 873 g/mol. The van der Waals surface area contributed by atoms with E-state index in [1.54, 1.807) is 0 Å². The quantitative estimate of drug-likeness (QED) is 0.158. The van der Waals surface area contributed by atoms with E-state index in [4.69, 9.17) is 0 Å². The number of rotatable bonds is 6. The van der Waals surface area contributed by atoms with Gasteiger partial charge in [-0.05, 0) is 152 Å². The van der Waals surface area contributed by atoms with Gasteiger partial charge in [0.15, 0.2) is 0 Å². The highest BCUT2D eigenvalue weighted by Crippen LogP contribution is 2.51. The van der Waals surface area contributed by atoms with Gasteiger partial charge in [-0.25, -0.2) is 0 Å². The monoisotopic (exact) mass is 872 g/mol. The Morgan fingerprint density at radius 1 is 0.294 bits per heavy atom. The van der Waals surface area contributed by atoms with E-state index in [2.05, 4.69) is 257 Å². The van der Waals surface area contributed by atoms with Gasteiger partial charge in [0.05, 0.1) is 22.4 Å². The molecule has 68 heavy (non-hydrogen) atoms. The molecule has 0 N–H and O–H groups in total. The summed E-state index contributed by atoms with van der Waals surface area (Å²) >= 11 is 0. The van der Waals surface area contributed by atoms with Crippen LogP contribution in [-0.2, 0) is 10.8 Å². The van der Waals surface area contributed by atoms with E-state index in [1.165, 1.54) is 122 Å². The van der Waals surface area contributed by atoms with Gasteiger partial charge in [-0.2, -0.15) is 0 Å². The molecule has 0 saturated carbocycles. The van der Waals surface area contributed by atoms with E-state index in [1.807, 2.05) is 0 Å². The summed E-state index contributed by atoms with van der Waals surface area (Å²) in [5.41, 5.74) is 27.7. The predicted octanol–water partition coefficient (Wildman–Crippen LogP) is 17.5. The summed E-state index contributed by atoms with van der Waals surface area (Å²) in [7, 11) is 0. The molecule has 0 atom stereocenters. The first kappa shape index (κ1) is 40.3. The number of fused-ring (bicyclic) bond motifs is 8. The third-order valence-corrected chi connectivity index (χ3v) is 15.5. The topological polar surface area (TPSA) is 9.86 Å². The van der Waals surface area contributed by atoms with Gasteiger partial charge in [-0.3, -0.25) is 0 Å². The zero-order valence-corrected chi connectivity index (χ0v) is 39.5. The second-order valence-corrected chi connectivity index (χ2v) is 20.4. The van der Waals surface area contributed by atoms with Crippen molar-refractivity contribution in [2.24, 2.45) is 0 Å². The van der Waals surface area contributed by atoms with Crippen LogP contribution in [0.25, 0.3) is 100 Å². The van der Waals surface area contributed by atoms with Crippen molar-refractivity contribution in [3.63, 3.8) is 0 Å². The van der Waals surface area contributed by atoms with E-state index in [0.717, 1.165) is 11.4 Å². The highest BCUT2D eigenvalue weighted by atomic mass is 15.0. The highest BCUT2D eigenvalue weighted by molar-refractivity contribution is 6.02. The molecule has 0 aliphatic heterocycles. The van der Waals surface area contributed by atoms with Gasteiger partial charge >= 0.3 is 0 Å². The van der Waals surface area contributed by atoms with Gasteiger partial charge < -0.3 is 9.13 Å². The molecular formula is C66H52N2. The summed E-state index contributed by atoms with van der Waals surface area (Å²) in [5.74, 6) is 0. The van der Waals surface area contributed by atoms with Crippen molar-refractivity contribution in [2.45, 2.75) is 52.4 Å². The molecule has 13 rings (SSSR count). The smallest absolute Gasteiger partial charge is 0.0542 e. The number of hydrogen-bond acceptors (Lipinski definition) is 0. The van der Waals surface area contributed by atoms with Crippen LogP contribution in [0.3, 0.4) is 0 Å². The minimum Gasteiger partial charge on any atom is -0.309 e. The van der Waals surface area contributed by atoms with Crippen LogP contribution in [0.15, 0.2) is 206 Å². The van der Waals surface area contributed by atoms with Crippen LogP contribution in [0, 0.1) is 13.8 Å². The number of hydrogen-bond donors (Lipinski definition) is 0. The first-order valence-corrected chi connectivity index (χ1v) is 24.1. The van der Waals surface area contributed by atoms with Crippen molar-refractivity contribution >= 4 is 21.8 Å². The molecule has 9 aromatic carbocycles. The number of aryl methyl sites for hydroxylation is 2. The molecular weight excluding hydrogens is 821 g/mol. The van der Waals surface area contributed by atoms with Gasteiger partial charge in [-0.15, -0.1) is 0 Å². The molecule has 2 aliphatic rings. The lowest BCUT2D eigenvalue weighted by atomic mass is 9.81. The fourth-order valence-corrected chi connectivity index (χ4v) is 11.7. The van der Waals surface area contributed by atoms with Crippen LogP contribution in [0.4, 0.5) is 0 Å². The summed E-state index contributed by atoms with van der Waals surface area (Å²) in [6.45, 7) is 13.7. The van der Waals surface area contributed by atoms with Crippen LogP contribution < -0.4 is 0 Å². The fraction of sp³-hybridized carbons (Fsp3) is 0.121. The number of benzene rings is 9. The van der Waals surface area contributed by atoms with E-state index < -0.39 is 0 Å². The predicted molar refractivity (Wildman–Crippen MR) is 286 cm³/mol. The van der Waals surface area contributed by atoms with Crippen molar-refractivity contribution in [3.8, 4) is 78.4 Å². The number of aromatic nitrogens is 2. The Morgan fingerprint density at radius 2 is 0.632 bits per heavy atom. The van der Waals surface area contributed by atoms with Crippen molar-refractivity contribution in [2.75, 3.05) is 0 Å². The molecule has 2 aliphatic carbocycles. The molecule has 0 saturated heterocycles. The van der Waals surface area contributed by atoms with Crippen LogP contribution in [-0.4, -0.2) is 9.13 Å². The van der Waals surface area contributed by atoms with Crippen LogP contribution in [0.5, 0.6) is 0 Å². The lowest BCUT2D eigenvalue weighted by molar-refractivity contribution is 0.660. The second kappa shape index (κ2) is 14.8. The first-order valence-electron chi connectivity index (χ1n) is 24.1. The standard InChI is InChI=1S/C66H52N2/c1-41-15-19-45(20-16-41)61-37-49-39-64-50(40-63(49)67(61)51-29-23-43(24-30-51)47-27-33-55-53-11-7-9-13-57(53)65(3,4)59(55)35-47)38-62(46-21-17-42(2)18-22-46)68(64)52-31-25-44(26-32-52)48-28-34-56-54-12-8-10-14-58(54)66(5,6)60(56)36-48/h7-40H,1-6H3. The molecule has 2 nitrogen and oxygen atoms in total. The molecule has 2 heterocycles. The summed E-state index contributed by atoms with van der Waals surface area (Å²) in [5, 5.41) is 2.40. The molecule has 2 heteroatoms. The second-order valence-electron chi connectivity index (χ2n) is 20.4. The maximum absolute atomic E-state index is 2.46. The van der Waals surface area contributed by atoms with Gasteiger partial charge in [0.1, 0.15) is 0 Å². The first-order chi connectivity index (χ1) is 33.0. The zero-order chi connectivity index (χ0) is 46.1. The molecule has 0 radical (unpaired) electrons. The average Bonchev–Trinajstić information content (AvgIpc) is 4.06. The van der Waals surface area contributed by atoms with Crippen molar-refractivity contribution < 1.29 is 0 Å². The van der Waals surface area contributed by atoms with Crippen molar-refractivity contribution in [3.05, 3.63) is 240 Å². The van der Waals surface area contributed by atoms with Crippen molar-refractivity contribution in [1.29, 1.82) is 0 Å². The Labute approximate surface area is 399 Å². The Balaban J connectivity index is 0.928. The molecule has 2 aromatic heterocycles. The highest BCUT2D eigenvalue weighted by Gasteiger charge is 2.36. The molecule has 0 unspecified atom stereocenters. The minimum absolute atomic E-state index is 0.0456. The molecule has 326 valence electrons. The Kier molecular flexibility index (Phi) is 8.77. The van der Waals surface area contributed by atoms with Crippen LogP contribution >= 0.6 is 0 Å². The molecule has 0 fully saturated rings. The Bertz CT molecular complexity index is 3560. The lowest BCUT2D eigenvalue weighted by Crippen LogP contribution is -2.14. The maximum atomic E-state index is 2.46. The largest absolute Gasteiger partial charge is 0.309 e. The Hall–Kier alpha value is -7.94. The lowest BCUT2D eigenvalue weighted by Gasteiger charge is -2.22. The van der Waals surface area contributed by atoms with Gasteiger partial charge in [0.25, 0.3) is 0 Å². The third-order valence-electron chi connectivity index (χ3n) is 15.5. The van der Waals surface area contributed by atoms with Gasteiger partial charge in [-0.1, -0.05) is 184 Å². The van der Waals surface area contributed by atoms with E-state index in [0.29, 0.717) is 0 Å². The normalized spacial score (nSPS) is 14.0. The molecule has 0 amide bonds. The maximum Gasteiger partial charge on any atom is 0.0542 e. The van der Waals surface area contributed by atoms with Crippen molar-refractivity contribution in [1.82, 2.24) is 9.13 Å². The van der Waals surface area contributed by atoms with Gasteiger partial charge in [0, 0.05) is 33.0 Å². The van der Waals surface area contributed by atoms with E-state index in [9.17, 15) is 0 Å². The van der Waals surface area contributed by atoms with E-state index in [-0.39, 0.29) is 10.8 Å². The minimum atomic E-state index is -0.0456. The van der Waals surface area contributed by atoms with Crippen LogP contribution in [0.1, 0.15) is 61.1 Å². The summed E-state index contributed by atoms with van der Waals surface area (Å²) in [6, 6.07) is 77.7. The third kappa shape index (κ3) is 6.10. The van der Waals surface area contributed by atoms with Gasteiger partial charge in [0.2, 0.25) is 0 Å². The number of nitrogens with zero attached hydrogens (tertiary/aromatic N) is 2. The molecule has 0 spiro atoms.